The normalized spacial score (nSPS) is 10.6. The number of fused-ring (bicyclic) bond motifs is 1. The highest BCUT2D eigenvalue weighted by Gasteiger charge is 2.08. The van der Waals surface area contributed by atoms with E-state index < -0.39 is 0 Å². The van der Waals surface area contributed by atoms with Crippen LogP contribution in [0.3, 0.4) is 0 Å². The molecule has 1 amide bonds. The molecule has 3 rings (SSSR count). The Morgan fingerprint density at radius 2 is 1.95 bits per heavy atom. The highest BCUT2D eigenvalue weighted by Crippen LogP contribution is 2.24. The number of carbonyl (C=O) groups excluding carboxylic acids is 1. The average Bonchev–Trinajstić information content (AvgIpc) is 2.86. The fraction of sp³-hybridized carbons (Fsp3) is 0.125. The van der Waals surface area contributed by atoms with Crippen molar-refractivity contribution in [1.82, 2.24) is 4.98 Å². The molecule has 1 N–H and O–H groups in total. The summed E-state index contributed by atoms with van der Waals surface area (Å²) >= 11 is 1.64. The fourth-order valence-corrected chi connectivity index (χ4v) is 2.87. The number of amides is 1. The Balaban J connectivity index is 1.81. The standard InChI is InChI=1S/C16H14N2O2S/c1-10-17-14-9-12(5-8-15(14)21-10)18-16(19)11-3-6-13(20-2)7-4-11/h3-9H,1-2H3,(H,18,19). The number of aryl methyl sites for hydroxylation is 1. The molecule has 0 radical (unpaired) electrons. The number of rotatable bonds is 3. The second-order valence-corrected chi connectivity index (χ2v) is 5.83. The van der Waals surface area contributed by atoms with E-state index in [0.717, 1.165) is 26.7 Å². The number of anilines is 1. The van der Waals surface area contributed by atoms with Gasteiger partial charge in [-0.2, -0.15) is 0 Å². The van der Waals surface area contributed by atoms with Crippen LogP contribution >= 0.6 is 11.3 Å². The van der Waals surface area contributed by atoms with Crippen LogP contribution in [0.5, 0.6) is 5.75 Å². The lowest BCUT2D eigenvalue weighted by Crippen LogP contribution is -2.11. The van der Waals surface area contributed by atoms with E-state index in [2.05, 4.69) is 10.3 Å². The van der Waals surface area contributed by atoms with Gasteiger partial charge in [-0.05, 0) is 49.4 Å². The first kappa shape index (κ1) is 13.6. The molecule has 21 heavy (non-hydrogen) atoms. The third-order valence-corrected chi connectivity index (χ3v) is 4.06. The molecule has 0 spiro atoms. The lowest BCUT2D eigenvalue weighted by molar-refractivity contribution is 0.102. The second kappa shape index (κ2) is 5.54. The maximum absolute atomic E-state index is 12.2. The smallest absolute Gasteiger partial charge is 0.255 e. The van der Waals surface area contributed by atoms with E-state index in [1.54, 1.807) is 42.7 Å². The number of hydrogen-bond donors (Lipinski definition) is 1. The monoisotopic (exact) mass is 298 g/mol. The molecule has 5 heteroatoms. The number of methoxy groups -OCH3 is 1. The molecule has 0 aliphatic carbocycles. The third kappa shape index (κ3) is 2.87. The van der Waals surface area contributed by atoms with Gasteiger partial charge in [-0.1, -0.05) is 0 Å². The van der Waals surface area contributed by atoms with Crippen molar-refractivity contribution >= 4 is 33.1 Å². The summed E-state index contributed by atoms with van der Waals surface area (Å²) in [5, 5.41) is 3.90. The van der Waals surface area contributed by atoms with Crippen molar-refractivity contribution in [3.05, 3.63) is 53.0 Å². The summed E-state index contributed by atoms with van der Waals surface area (Å²) in [5.41, 5.74) is 2.24. The van der Waals surface area contributed by atoms with Gasteiger partial charge in [-0.15, -0.1) is 11.3 Å². The van der Waals surface area contributed by atoms with Gasteiger partial charge in [0, 0.05) is 11.3 Å². The lowest BCUT2D eigenvalue weighted by Gasteiger charge is -2.06. The van der Waals surface area contributed by atoms with E-state index >= 15 is 0 Å². The number of carbonyl (C=O) groups is 1. The van der Waals surface area contributed by atoms with E-state index in [1.165, 1.54) is 0 Å². The Labute approximate surface area is 126 Å². The zero-order chi connectivity index (χ0) is 14.8. The first-order chi connectivity index (χ1) is 10.2. The average molecular weight is 298 g/mol. The lowest BCUT2D eigenvalue weighted by atomic mass is 10.2. The molecule has 1 aromatic heterocycles. The van der Waals surface area contributed by atoms with E-state index in [4.69, 9.17) is 4.74 Å². The molecular weight excluding hydrogens is 284 g/mol. The largest absolute Gasteiger partial charge is 0.497 e. The van der Waals surface area contributed by atoms with E-state index in [0.29, 0.717) is 5.56 Å². The molecule has 0 saturated carbocycles. The number of nitrogens with one attached hydrogen (secondary N) is 1. The minimum Gasteiger partial charge on any atom is -0.497 e. The second-order valence-electron chi connectivity index (χ2n) is 4.60. The van der Waals surface area contributed by atoms with Crippen molar-refractivity contribution in [3.8, 4) is 5.75 Å². The van der Waals surface area contributed by atoms with E-state index in [-0.39, 0.29) is 5.91 Å². The number of benzene rings is 2. The summed E-state index contributed by atoms with van der Waals surface area (Å²) in [6, 6.07) is 12.8. The minimum absolute atomic E-state index is 0.149. The maximum Gasteiger partial charge on any atom is 0.255 e. The van der Waals surface area contributed by atoms with Crippen LogP contribution in [0, 0.1) is 6.92 Å². The number of nitrogens with zero attached hydrogens (tertiary/aromatic N) is 1. The van der Waals surface area contributed by atoms with Crippen LogP contribution in [0.15, 0.2) is 42.5 Å². The quantitative estimate of drug-likeness (QED) is 0.798. The summed E-state index contributed by atoms with van der Waals surface area (Å²) in [6.07, 6.45) is 0. The molecule has 4 nitrogen and oxygen atoms in total. The van der Waals surface area contributed by atoms with Crippen molar-refractivity contribution in [2.75, 3.05) is 12.4 Å². The van der Waals surface area contributed by atoms with Gasteiger partial charge >= 0.3 is 0 Å². The van der Waals surface area contributed by atoms with Gasteiger partial charge < -0.3 is 10.1 Å². The van der Waals surface area contributed by atoms with Crippen LogP contribution in [0.1, 0.15) is 15.4 Å². The zero-order valence-electron chi connectivity index (χ0n) is 11.7. The molecule has 0 aliphatic rings. The predicted molar refractivity (Wildman–Crippen MR) is 85.3 cm³/mol. The molecule has 106 valence electrons. The minimum atomic E-state index is -0.149. The van der Waals surface area contributed by atoms with Crippen LogP contribution in [0.4, 0.5) is 5.69 Å². The first-order valence-electron chi connectivity index (χ1n) is 6.48. The van der Waals surface area contributed by atoms with Crippen LogP contribution in [-0.2, 0) is 0 Å². The van der Waals surface area contributed by atoms with Crippen LogP contribution < -0.4 is 10.1 Å². The molecule has 0 fully saturated rings. The SMILES string of the molecule is COc1ccc(C(=O)Nc2ccc3sc(C)nc3c2)cc1. The van der Waals surface area contributed by atoms with Crippen molar-refractivity contribution in [2.45, 2.75) is 6.92 Å². The molecular formula is C16H14N2O2S. The van der Waals surface area contributed by atoms with Crippen molar-refractivity contribution in [3.63, 3.8) is 0 Å². The maximum atomic E-state index is 12.2. The summed E-state index contributed by atoms with van der Waals surface area (Å²) in [4.78, 5) is 16.6. The number of thiazole rings is 1. The van der Waals surface area contributed by atoms with E-state index in [9.17, 15) is 4.79 Å². The summed E-state index contributed by atoms with van der Waals surface area (Å²) < 4.78 is 6.20. The molecule has 2 aromatic carbocycles. The predicted octanol–water partition coefficient (Wildman–Crippen LogP) is 3.87. The van der Waals surface area contributed by atoms with Gasteiger partial charge in [0.25, 0.3) is 5.91 Å². The van der Waals surface area contributed by atoms with Gasteiger partial charge in [-0.25, -0.2) is 4.98 Å². The van der Waals surface area contributed by atoms with Gasteiger partial charge in [-0.3, -0.25) is 4.79 Å². The molecule has 0 unspecified atom stereocenters. The number of aromatic nitrogens is 1. The van der Waals surface area contributed by atoms with Crippen LogP contribution in [0.2, 0.25) is 0 Å². The van der Waals surface area contributed by atoms with Gasteiger partial charge in [0.15, 0.2) is 0 Å². The summed E-state index contributed by atoms with van der Waals surface area (Å²) in [5.74, 6) is 0.579. The Hall–Kier alpha value is -2.40. The summed E-state index contributed by atoms with van der Waals surface area (Å²) in [6.45, 7) is 1.97. The topological polar surface area (TPSA) is 51.2 Å². The molecule has 0 aliphatic heterocycles. The highest BCUT2D eigenvalue weighted by atomic mass is 32.1. The third-order valence-electron chi connectivity index (χ3n) is 3.10. The highest BCUT2D eigenvalue weighted by molar-refractivity contribution is 7.18. The van der Waals surface area contributed by atoms with Gasteiger partial charge in [0.2, 0.25) is 0 Å². The fourth-order valence-electron chi connectivity index (χ4n) is 2.07. The summed E-state index contributed by atoms with van der Waals surface area (Å²) in [7, 11) is 1.60. The van der Waals surface area contributed by atoms with Crippen molar-refractivity contribution in [1.29, 1.82) is 0 Å². The van der Waals surface area contributed by atoms with Crippen molar-refractivity contribution in [2.24, 2.45) is 0 Å². The molecule has 1 heterocycles. The Kier molecular flexibility index (Phi) is 3.58. The first-order valence-corrected chi connectivity index (χ1v) is 7.30. The van der Waals surface area contributed by atoms with E-state index in [1.807, 2.05) is 25.1 Å². The van der Waals surface area contributed by atoms with Crippen LogP contribution in [0.25, 0.3) is 10.2 Å². The number of hydrogen-bond acceptors (Lipinski definition) is 4. The Morgan fingerprint density at radius 3 is 2.67 bits per heavy atom. The molecule has 0 atom stereocenters. The molecule has 3 aromatic rings. The van der Waals surface area contributed by atoms with Gasteiger partial charge in [0.1, 0.15) is 5.75 Å². The molecule has 0 saturated heterocycles. The zero-order valence-corrected chi connectivity index (χ0v) is 12.5. The van der Waals surface area contributed by atoms with Gasteiger partial charge in [0.05, 0.1) is 22.3 Å². The molecule has 0 bridgehead atoms. The Morgan fingerprint density at radius 1 is 1.19 bits per heavy atom. The van der Waals surface area contributed by atoms with Crippen molar-refractivity contribution < 1.29 is 9.53 Å². The Bertz CT molecular complexity index is 794. The van der Waals surface area contributed by atoms with Crippen LogP contribution in [-0.4, -0.2) is 18.0 Å². The number of ether oxygens (including phenoxy) is 1.